The number of pyridine rings is 1. The van der Waals surface area contributed by atoms with Gasteiger partial charge in [0.25, 0.3) is 0 Å². The van der Waals surface area contributed by atoms with Gasteiger partial charge in [-0.25, -0.2) is 18.3 Å². The van der Waals surface area contributed by atoms with Crippen LogP contribution in [0.1, 0.15) is 31.0 Å². The Bertz CT molecular complexity index is 1100. The zero-order valence-electron chi connectivity index (χ0n) is 17.8. The van der Waals surface area contributed by atoms with E-state index in [1.165, 1.54) is 27.8 Å². The molecule has 1 amide bonds. The second-order valence-electron chi connectivity index (χ2n) is 7.45. The normalized spacial score (nSPS) is 19.0. The molecular weight excluding hydrogens is 483 g/mol. The van der Waals surface area contributed by atoms with Gasteiger partial charge in [-0.15, -0.1) is 0 Å². The van der Waals surface area contributed by atoms with Gasteiger partial charge in [0.2, 0.25) is 15.9 Å². The maximum atomic E-state index is 13.0. The van der Waals surface area contributed by atoms with E-state index >= 15 is 0 Å². The summed E-state index contributed by atoms with van der Waals surface area (Å²) in [5.41, 5.74) is 0.756. The topological polar surface area (TPSA) is 135 Å². The van der Waals surface area contributed by atoms with E-state index in [0.29, 0.717) is 13.2 Å². The molecule has 1 unspecified atom stereocenters. The van der Waals surface area contributed by atoms with Crippen molar-refractivity contribution in [3.8, 4) is 0 Å². The number of carbonyl (C=O) groups excluding carboxylic acids is 1. The van der Waals surface area contributed by atoms with Crippen LogP contribution in [0.25, 0.3) is 0 Å². The molecule has 2 aromatic heterocycles. The van der Waals surface area contributed by atoms with Crippen molar-refractivity contribution in [1.82, 2.24) is 24.1 Å². The van der Waals surface area contributed by atoms with Crippen molar-refractivity contribution in [3.05, 3.63) is 42.5 Å². The van der Waals surface area contributed by atoms with Gasteiger partial charge in [-0.2, -0.15) is 22.6 Å². The molecule has 2 aliphatic heterocycles. The smallest absolute Gasteiger partial charge is 0.475 e. The summed E-state index contributed by atoms with van der Waals surface area (Å²) < 4.78 is 60.8. The monoisotopic (exact) mass is 505 g/mol. The molecule has 11 nitrogen and oxygen atoms in total. The maximum Gasteiger partial charge on any atom is 0.490 e. The predicted octanol–water partition coefficient (Wildman–Crippen LogP) is 1.60. The van der Waals surface area contributed by atoms with Crippen LogP contribution < -0.4 is 0 Å². The molecule has 0 saturated carbocycles. The summed E-state index contributed by atoms with van der Waals surface area (Å²) in [7, 11) is -3.70. The molecule has 1 saturated heterocycles. The second kappa shape index (κ2) is 10.5. The first kappa shape index (κ1) is 25.6. The van der Waals surface area contributed by atoms with Gasteiger partial charge in [0.1, 0.15) is 4.90 Å². The van der Waals surface area contributed by atoms with Crippen LogP contribution in [0.3, 0.4) is 0 Å². The summed E-state index contributed by atoms with van der Waals surface area (Å²) in [6.07, 6.45) is 1.39. The van der Waals surface area contributed by atoms with Crippen LogP contribution in [0, 0.1) is 0 Å². The van der Waals surface area contributed by atoms with Crippen LogP contribution in [-0.2, 0) is 31.0 Å². The third kappa shape index (κ3) is 6.09. The summed E-state index contributed by atoms with van der Waals surface area (Å²) in [5.74, 6) is -2.91. The van der Waals surface area contributed by atoms with Gasteiger partial charge in [0.15, 0.2) is 0 Å². The lowest BCUT2D eigenvalue weighted by atomic mass is 10.1. The molecule has 0 aliphatic carbocycles. The Labute approximate surface area is 192 Å². The third-order valence-corrected chi connectivity index (χ3v) is 6.85. The van der Waals surface area contributed by atoms with Crippen molar-refractivity contribution in [2.24, 2.45) is 0 Å². The number of nitrogens with zero attached hydrogens (tertiary/aromatic N) is 5. The molecule has 0 radical (unpaired) electrons. The van der Waals surface area contributed by atoms with Crippen LogP contribution >= 0.6 is 0 Å². The van der Waals surface area contributed by atoms with Gasteiger partial charge < -0.3 is 5.11 Å². The molecule has 4 rings (SSSR count). The fourth-order valence-electron chi connectivity index (χ4n) is 3.43. The summed E-state index contributed by atoms with van der Waals surface area (Å²) in [6, 6.07) is 4.51. The number of aliphatic carboxylic acids is 1. The van der Waals surface area contributed by atoms with Crippen molar-refractivity contribution in [2.75, 3.05) is 19.7 Å². The number of alkyl halides is 3. The highest BCUT2D eigenvalue weighted by molar-refractivity contribution is 7.89. The Morgan fingerprint density at radius 2 is 1.94 bits per heavy atom. The molecule has 0 aromatic carbocycles. The molecular formula is C19H22F3N5O6S. The molecule has 4 heterocycles. The summed E-state index contributed by atoms with van der Waals surface area (Å²) >= 11 is 0. The second-order valence-corrected chi connectivity index (χ2v) is 9.39. The number of aromatic nitrogens is 3. The first-order valence-corrected chi connectivity index (χ1v) is 11.6. The third-order valence-electron chi connectivity index (χ3n) is 5.06. The Morgan fingerprint density at radius 1 is 1.21 bits per heavy atom. The van der Waals surface area contributed by atoms with Gasteiger partial charge in [0.05, 0.1) is 31.3 Å². The number of fused-ring (bicyclic) bond motifs is 1. The van der Waals surface area contributed by atoms with Crippen molar-refractivity contribution in [2.45, 2.75) is 42.9 Å². The average Bonchev–Trinajstić information content (AvgIpc) is 3.29. The summed E-state index contributed by atoms with van der Waals surface area (Å²) in [6.45, 7) is 1.48. The van der Waals surface area contributed by atoms with Crippen LogP contribution in [-0.4, -0.2) is 75.4 Å². The molecule has 34 heavy (non-hydrogen) atoms. The van der Waals surface area contributed by atoms with Crippen LogP contribution in [0.4, 0.5) is 13.2 Å². The Kier molecular flexibility index (Phi) is 7.89. The highest BCUT2D eigenvalue weighted by Gasteiger charge is 2.38. The van der Waals surface area contributed by atoms with E-state index in [0.717, 1.165) is 18.5 Å². The minimum Gasteiger partial charge on any atom is -0.475 e. The fourth-order valence-corrected chi connectivity index (χ4v) is 4.85. The Balaban J connectivity index is 0.000000406. The van der Waals surface area contributed by atoms with E-state index in [-0.39, 0.29) is 36.4 Å². The zero-order valence-corrected chi connectivity index (χ0v) is 18.6. The molecule has 15 heteroatoms. The van der Waals surface area contributed by atoms with E-state index in [4.69, 9.17) is 14.7 Å². The quantitative estimate of drug-likeness (QED) is 0.662. The minimum absolute atomic E-state index is 0.133. The zero-order chi connectivity index (χ0) is 24.9. The van der Waals surface area contributed by atoms with Crippen molar-refractivity contribution >= 4 is 21.9 Å². The SMILES string of the molecule is O=C(CC1CN(S(=O)(=O)c2cccnc2)Cc2ccnn21)N1CCCCO1.O=C(O)C(F)(F)F. The van der Waals surface area contributed by atoms with Crippen LogP contribution in [0.2, 0.25) is 0 Å². The van der Waals surface area contributed by atoms with E-state index in [1.807, 2.05) is 0 Å². The van der Waals surface area contributed by atoms with Crippen molar-refractivity contribution in [3.63, 3.8) is 0 Å². The molecule has 186 valence electrons. The predicted molar refractivity (Wildman–Crippen MR) is 108 cm³/mol. The summed E-state index contributed by atoms with van der Waals surface area (Å²) in [4.78, 5) is 31.0. The van der Waals surface area contributed by atoms with E-state index in [1.54, 1.807) is 23.0 Å². The number of sulfonamides is 1. The fraction of sp³-hybridized carbons (Fsp3) is 0.474. The van der Waals surface area contributed by atoms with Gasteiger partial charge in [-0.05, 0) is 31.0 Å². The lowest BCUT2D eigenvalue weighted by Gasteiger charge is -2.34. The average molecular weight is 505 g/mol. The van der Waals surface area contributed by atoms with E-state index in [2.05, 4.69) is 10.1 Å². The highest BCUT2D eigenvalue weighted by atomic mass is 32.2. The molecule has 2 aliphatic rings. The van der Waals surface area contributed by atoms with E-state index < -0.39 is 22.2 Å². The number of hydroxylamine groups is 2. The number of amides is 1. The number of carboxylic acid groups (broad SMARTS) is 1. The molecule has 2 aromatic rings. The van der Waals surface area contributed by atoms with Gasteiger partial charge >= 0.3 is 12.1 Å². The molecule has 1 fully saturated rings. The standard InChI is InChI=1S/C17H21N5O4S.C2HF3O2/c23-17(21-8-1-2-9-26-21)10-15-13-20(12-14-5-7-19-22(14)15)27(24,25)16-4-3-6-18-11-16;3-2(4,5)1(6)7/h3-7,11,15H,1-2,8-10,12-13H2;(H,6,7). The molecule has 0 bridgehead atoms. The Morgan fingerprint density at radius 3 is 2.53 bits per heavy atom. The van der Waals surface area contributed by atoms with Gasteiger partial charge in [-0.3, -0.25) is 19.3 Å². The number of hydrogen-bond donors (Lipinski definition) is 1. The first-order chi connectivity index (χ1) is 16.0. The largest absolute Gasteiger partial charge is 0.490 e. The number of carbonyl (C=O) groups is 2. The number of halogens is 3. The van der Waals surface area contributed by atoms with Crippen molar-refractivity contribution in [1.29, 1.82) is 0 Å². The minimum atomic E-state index is -5.08. The lowest BCUT2D eigenvalue weighted by molar-refractivity contribution is -0.198. The lowest BCUT2D eigenvalue weighted by Crippen LogP contribution is -2.44. The van der Waals surface area contributed by atoms with Crippen LogP contribution in [0.15, 0.2) is 41.7 Å². The van der Waals surface area contributed by atoms with Gasteiger partial charge in [0, 0.05) is 31.7 Å². The molecule has 1 N–H and O–H groups in total. The van der Waals surface area contributed by atoms with Gasteiger partial charge in [-0.1, -0.05) is 0 Å². The summed E-state index contributed by atoms with van der Waals surface area (Å²) in [5, 5.41) is 12.8. The van der Waals surface area contributed by atoms with E-state index in [9.17, 15) is 26.4 Å². The number of rotatable bonds is 4. The maximum absolute atomic E-state index is 13.0. The first-order valence-electron chi connectivity index (χ1n) is 10.2. The van der Waals surface area contributed by atoms with Crippen molar-refractivity contribution < 1.29 is 41.1 Å². The number of carboxylic acids is 1. The number of hydrogen-bond acceptors (Lipinski definition) is 7. The Hall–Kier alpha value is -3.04. The highest BCUT2D eigenvalue weighted by Crippen LogP contribution is 2.28. The van der Waals surface area contributed by atoms with Crippen LogP contribution in [0.5, 0.6) is 0 Å². The molecule has 0 spiro atoms. The molecule has 1 atom stereocenters.